The van der Waals surface area contributed by atoms with Gasteiger partial charge in [-0.3, -0.25) is 4.79 Å². The number of hydrogen-bond acceptors (Lipinski definition) is 6. The van der Waals surface area contributed by atoms with Crippen LogP contribution in [-0.2, 0) is 23.0 Å². The van der Waals surface area contributed by atoms with E-state index < -0.39 is 10.0 Å². The lowest BCUT2D eigenvalue weighted by molar-refractivity contribution is 0.0769. The molecule has 2 aromatic rings. The predicted octanol–water partition coefficient (Wildman–Crippen LogP) is 2.13. The largest absolute Gasteiger partial charge is 0.337 e. The first-order valence-electron chi connectivity index (χ1n) is 9.08. The number of carbonyl (C=O) groups is 1. The minimum absolute atomic E-state index is 0.0256. The van der Waals surface area contributed by atoms with Gasteiger partial charge in [0.25, 0.3) is 5.91 Å². The van der Waals surface area contributed by atoms with Crippen LogP contribution in [0.1, 0.15) is 54.7 Å². The first-order valence-corrected chi connectivity index (χ1v) is 10.6. The van der Waals surface area contributed by atoms with Crippen LogP contribution in [0.5, 0.6) is 0 Å². The van der Waals surface area contributed by atoms with Gasteiger partial charge in [0.05, 0.1) is 11.4 Å². The highest BCUT2D eigenvalue weighted by molar-refractivity contribution is 7.89. The van der Waals surface area contributed by atoms with Crippen LogP contribution in [-0.4, -0.2) is 42.5 Å². The first-order chi connectivity index (χ1) is 12.9. The smallest absolute Gasteiger partial charge is 0.254 e. The second kappa shape index (κ2) is 8.18. The number of benzene rings is 1. The molecule has 0 saturated heterocycles. The average Bonchev–Trinajstić information content (AvgIpc) is 3.32. The number of aromatic nitrogens is 2. The van der Waals surface area contributed by atoms with E-state index in [1.165, 1.54) is 17.0 Å². The molecular weight excluding hydrogens is 368 g/mol. The summed E-state index contributed by atoms with van der Waals surface area (Å²) in [6.07, 6.45) is 4.42. The second-order valence-corrected chi connectivity index (χ2v) is 8.46. The van der Waals surface area contributed by atoms with Crippen LogP contribution in [0, 0.1) is 0 Å². The van der Waals surface area contributed by atoms with Crippen LogP contribution in [0.15, 0.2) is 33.7 Å². The molecule has 27 heavy (non-hydrogen) atoms. The van der Waals surface area contributed by atoms with Gasteiger partial charge in [-0.25, -0.2) is 13.1 Å². The van der Waals surface area contributed by atoms with Gasteiger partial charge in [-0.15, -0.1) is 0 Å². The number of amides is 1. The Balaban J connectivity index is 1.72. The molecule has 146 valence electrons. The fourth-order valence-electron chi connectivity index (χ4n) is 3.12. The monoisotopic (exact) mass is 392 g/mol. The molecule has 1 N–H and O–H groups in total. The SMILES string of the molecule is CCc1noc(CN(C)C(=O)c2cccc(S(=O)(=O)NC3CCCC3)c2)n1. The number of hydrogen-bond donors (Lipinski definition) is 1. The average molecular weight is 392 g/mol. The van der Waals surface area contributed by atoms with E-state index in [9.17, 15) is 13.2 Å². The molecule has 1 aliphatic carbocycles. The third-order valence-electron chi connectivity index (χ3n) is 4.61. The molecule has 3 rings (SSSR count). The Kier molecular flexibility index (Phi) is 5.91. The van der Waals surface area contributed by atoms with Crippen molar-refractivity contribution in [3.05, 3.63) is 41.5 Å². The van der Waals surface area contributed by atoms with E-state index >= 15 is 0 Å². The van der Waals surface area contributed by atoms with Crippen LogP contribution in [0.3, 0.4) is 0 Å². The zero-order valence-electron chi connectivity index (χ0n) is 15.5. The highest BCUT2D eigenvalue weighted by Gasteiger charge is 2.24. The number of nitrogens with zero attached hydrogens (tertiary/aromatic N) is 3. The lowest BCUT2D eigenvalue weighted by Gasteiger charge is -2.16. The summed E-state index contributed by atoms with van der Waals surface area (Å²) in [4.78, 5) is 18.4. The molecule has 0 bridgehead atoms. The van der Waals surface area contributed by atoms with Gasteiger partial charge < -0.3 is 9.42 Å². The van der Waals surface area contributed by atoms with Crippen LogP contribution < -0.4 is 4.72 Å². The van der Waals surface area contributed by atoms with Gasteiger partial charge in [0, 0.05) is 25.1 Å². The Labute approximate surface area is 159 Å². The molecule has 9 heteroatoms. The Morgan fingerprint density at radius 3 is 2.74 bits per heavy atom. The van der Waals surface area contributed by atoms with Crippen LogP contribution in [0.2, 0.25) is 0 Å². The predicted molar refractivity (Wildman–Crippen MR) is 98.5 cm³/mol. The molecule has 1 amide bonds. The highest BCUT2D eigenvalue weighted by Crippen LogP contribution is 2.21. The maximum absolute atomic E-state index is 12.7. The molecule has 0 spiro atoms. The van der Waals surface area contributed by atoms with Crippen LogP contribution >= 0.6 is 0 Å². The normalized spacial score (nSPS) is 15.2. The molecule has 0 radical (unpaired) electrons. The lowest BCUT2D eigenvalue weighted by atomic mass is 10.2. The quantitative estimate of drug-likeness (QED) is 0.774. The van der Waals surface area contributed by atoms with Gasteiger partial charge in [-0.1, -0.05) is 31.0 Å². The Hall–Kier alpha value is -2.26. The molecule has 0 unspecified atom stereocenters. The van der Waals surface area contributed by atoms with Crippen molar-refractivity contribution in [1.82, 2.24) is 19.8 Å². The molecule has 0 atom stereocenters. The Bertz CT molecular complexity index is 904. The van der Waals surface area contributed by atoms with Gasteiger partial charge in [0.2, 0.25) is 15.9 Å². The maximum Gasteiger partial charge on any atom is 0.254 e. The Morgan fingerprint density at radius 2 is 2.07 bits per heavy atom. The zero-order valence-corrected chi connectivity index (χ0v) is 16.3. The summed E-state index contributed by atoms with van der Waals surface area (Å²) in [7, 11) is -2.04. The van der Waals surface area contributed by atoms with E-state index in [1.54, 1.807) is 19.2 Å². The van der Waals surface area contributed by atoms with E-state index in [1.807, 2.05) is 6.92 Å². The van der Waals surface area contributed by atoms with Gasteiger partial charge in [-0.05, 0) is 31.0 Å². The van der Waals surface area contributed by atoms with Crippen molar-refractivity contribution in [2.45, 2.75) is 56.5 Å². The fourth-order valence-corrected chi connectivity index (χ4v) is 4.47. The Morgan fingerprint density at radius 1 is 1.33 bits per heavy atom. The van der Waals surface area contributed by atoms with Crippen molar-refractivity contribution in [3.63, 3.8) is 0 Å². The summed E-state index contributed by atoms with van der Waals surface area (Å²) < 4.78 is 33.0. The molecule has 1 heterocycles. The zero-order chi connectivity index (χ0) is 19.4. The standard InChI is InChI=1S/C18H24N4O4S/c1-3-16-19-17(26-20-16)12-22(2)18(23)13-7-6-10-15(11-13)27(24,25)21-14-8-4-5-9-14/h6-7,10-11,14,21H,3-5,8-9,12H2,1-2H3. The third kappa shape index (κ3) is 4.72. The third-order valence-corrected chi connectivity index (χ3v) is 6.13. The lowest BCUT2D eigenvalue weighted by Crippen LogP contribution is -2.33. The van der Waals surface area contributed by atoms with Crippen molar-refractivity contribution >= 4 is 15.9 Å². The van der Waals surface area contributed by atoms with Crippen LogP contribution in [0.25, 0.3) is 0 Å². The molecular formula is C18H24N4O4S. The first kappa shape index (κ1) is 19.5. The van der Waals surface area contributed by atoms with Crippen molar-refractivity contribution < 1.29 is 17.7 Å². The molecule has 1 aromatic carbocycles. The summed E-state index contributed by atoms with van der Waals surface area (Å²) in [5.41, 5.74) is 0.294. The number of aryl methyl sites for hydroxylation is 1. The van der Waals surface area contributed by atoms with Gasteiger partial charge in [-0.2, -0.15) is 4.98 Å². The number of nitrogens with one attached hydrogen (secondary N) is 1. The molecule has 8 nitrogen and oxygen atoms in total. The minimum Gasteiger partial charge on any atom is -0.337 e. The van der Waals surface area contributed by atoms with Crippen molar-refractivity contribution in [2.75, 3.05) is 7.05 Å². The summed E-state index contributed by atoms with van der Waals surface area (Å²) >= 11 is 0. The van der Waals surface area contributed by atoms with Gasteiger partial charge in [0.15, 0.2) is 5.82 Å². The second-order valence-electron chi connectivity index (χ2n) is 6.75. The van der Waals surface area contributed by atoms with Gasteiger partial charge >= 0.3 is 0 Å². The topological polar surface area (TPSA) is 105 Å². The van der Waals surface area contributed by atoms with E-state index in [4.69, 9.17) is 4.52 Å². The molecule has 1 aliphatic rings. The molecule has 0 aliphatic heterocycles. The van der Waals surface area contributed by atoms with E-state index in [0.29, 0.717) is 23.7 Å². The van der Waals surface area contributed by atoms with E-state index in [-0.39, 0.29) is 23.4 Å². The number of carbonyl (C=O) groups excluding carboxylic acids is 1. The van der Waals surface area contributed by atoms with Gasteiger partial charge in [0.1, 0.15) is 0 Å². The summed E-state index contributed by atoms with van der Waals surface area (Å²) in [6.45, 7) is 2.07. The summed E-state index contributed by atoms with van der Waals surface area (Å²) in [5, 5.41) is 3.80. The number of sulfonamides is 1. The van der Waals surface area contributed by atoms with E-state index in [0.717, 1.165) is 25.7 Å². The summed E-state index contributed by atoms with van der Waals surface area (Å²) in [6, 6.07) is 6.05. The van der Waals surface area contributed by atoms with Crippen molar-refractivity contribution in [3.8, 4) is 0 Å². The van der Waals surface area contributed by atoms with Crippen molar-refractivity contribution in [2.24, 2.45) is 0 Å². The highest BCUT2D eigenvalue weighted by atomic mass is 32.2. The fraction of sp³-hybridized carbons (Fsp3) is 0.500. The molecule has 1 aromatic heterocycles. The molecule has 1 saturated carbocycles. The summed E-state index contributed by atoms with van der Waals surface area (Å²) in [5.74, 6) is 0.607. The van der Waals surface area contributed by atoms with Crippen molar-refractivity contribution in [1.29, 1.82) is 0 Å². The van der Waals surface area contributed by atoms with Crippen LogP contribution in [0.4, 0.5) is 0 Å². The maximum atomic E-state index is 12.7. The molecule has 1 fully saturated rings. The minimum atomic E-state index is -3.65. The van der Waals surface area contributed by atoms with E-state index in [2.05, 4.69) is 14.9 Å². The number of rotatable bonds is 7.